The molecule has 15 heavy (non-hydrogen) atoms. The first-order chi connectivity index (χ1) is 6.95. The topological polar surface area (TPSA) is 63.2 Å². The molecule has 0 bridgehead atoms. The average Bonchev–Trinajstić information content (AvgIpc) is 2.10. The zero-order valence-electron chi connectivity index (χ0n) is 9.58. The van der Waals surface area contributed by atoms with E-state index in [0.717, 1.165) is 19.3 Å². The van der Waals surface area contributed by atoms with Gasteiger partial charge in [-0.25, -0.2) is 8.42 Å². The molecule has 1 amide bonds. The van der Waals surface area contributed by atoms with Crippen molar-refractivity contribution in [3.8, 4) is 0 Å². The van der Waals surface area contributed by atoms with E-state index in [2.05, 4.69) is 12.2 Å². The van der Waals surface area contributed by atoms with Crippen LogP contribution in [0.5, 0.6) is 0 Å². The van der Waals surface area contributed by atoms with Crippen LogP contribution in [0.25, 0.3) is 0 Å². The fraction of sp³-hybridized carbons (Fsp3) is 0.900. The van der Waals surface area contributed by atoms with E-state index in [0.29, 0.717) is 19.4 Å². The number of rotatable bonds is 8. The van der Waals surface area contributed by atoms with Gasteiger partial charge < -0.3 is 5.32 Å². The Bertz CT molecular complexity index is 272. The fourth-order valence-electron chi connectivity index (χ4n) is 1.19. The molecule has 0 aliphatic rings. The molecule has 0 radical (unpaired) electrons. The van der Waals surface area contributed by atoms with Gasteiger partial charge in [0, 0.05) is 19.2 Å². The van der Waals surface area contributed by atoms with Crippen LogP contribution in [0.2, 0.25) is 0 Å². The molecule has 0 saturated carbocycles. The monoisotopic (exact) mass is 235 g/mol. The van der Waals surface area contributed by atoms with Gasteiger partial charge in [-0.1, -0.05) is 19.8 Å². The summed E-state index contributed by atoms with van der Waals surface area (Å²) in [7, 11) is -2.93. The minimum absolute atomic E-state index is 0.0465. The minimum atomic E-state index is -2.93. The summed E-state index contributed by atoms with van der Waals surface area (Å²) in [4.78, 5) is 11.2. The van der Waals surface area contributed by atoms with Gasteiger partial charge in [0.25, 0.3) is 0 Å². The molecule has 1 N–H and O–H groups in total. The van der Waals surface area contributed by atoms with Gasteiger partial charge in [0.1, 0.15) is 9.84 Å². The largest absolute Gasteiger partial charge is 0.356 e. The highest BCUT2D eigenvalue weighted by molar-refractivity contribution is 7.90. The second-order valence-electron chi connectivity index (χ2n) is 3.79. The predicted molar refractivity (Wildman–Crippen MR) is 61.5 cm³/mol. The Labute approximate surface area is 92.4 Å². The molecule has 0 saturated heterocycles. The standard InChI is InChI=1S/C10H21NO3S/c1-3-4-5-8-11-10(12)7-6-9-15(2,13)14/h3-9H2,1-2H3,(H,11,12). The molecule has 0 rings (SSSR count). The summed E-state index contributed by atoms with van der Waals surface area (Å²) in [6.07, 6.45) is 5.14. The number of unbranched alkanes of at least 4 members (excludes halogenated alkanes) is 2. The Morgan fingerprint density at radius 1 is 1.20 bits per heavy atom. The second-order valence-corrected chi connectivity index (χ2v) is 6.05. The van der Waals surface area contributed by atoms with Crippen LogP contribution in [-0.4, -0.2) is 32.9 Å². The van der Waals surface area contributed by atoms with Gasteiger partial charge >= 0.3 is 0 Å². The Morgan fingerprint density at radius 2 is 1.87 bits per heavy atom. The van der Waals surface area contributed by atoms with Gasteiger partial charge in [0.2, 0.25) is 5.91 Å². The summed E-state index contributed by atoms with van der Waals surface area (Å²) in [6.45, 7) is 2.81. The van der Waals surface area contributed by atoms with Crippen molar-refractivity contribution in [3.63, 3.8) is 0 Å². The molecule has 4 nitrogen and oxygen atoms in total. The molecular weight excluding hydrogens is 214 g/mol. The smallest absolute Gasteiger partial charge is 0.220 e. The predicted octanol–water partition coefficient (Wildman–Crippen LogP) is 1.12. The van der Waals surface area contributed by atoms with Gasteiger partial charge in [0.05, 0.1) is 5.75 Å². The summed E-state index contributed by atoms with van der Waals surface area (Å²) in [5.41, 5.74) is 0. The number of sulfone groups is 1. The number of carbonyl (C=O) groups excluding carboxylic acids is 1. The van der Waals surface area contributed by atoms with Crippen molar-refractivity contribution in [2.75, 3.05) is 18.6 Å². The second kappa shape index (κ2) is 7.68. The first-order valence-corrected chi connectivity index (χ1v) is 7.46. The van der Waals surface area contributed by atoms with E-state index < -0.39 is 9.84 Å². The fourth-order valence-corrected chi connectivity index (χ4v) is 1.85. The molecule has 0 aromatic carbocycles. The molecular formula is C10H21NO3S. The molecule has 0 fully saturated rings. The Hall–Kier alpha value is -0.580. The quantitative estimate of drug-likeness (QED) is 0.641. The van der Waals surface area contributed by atoms with Crippen LogP contribution < -0.4 is 5.32 Å². The molecule has 0 aromatic rings. The van der Waals surface area contributed by atoms with E-state index in [1.54, 1.807) is 0 Å². The third-order valence-electron chi connectivity index (χ3n) is 2.02. The Balaban J connectivity index is 3.42. The van der Waals surface area contributed by atoms with E-state index >= 15 is 0 Å². The Kier molecular flexibility index (Phi) is 7.38. The van der Waals surface area contributed by atoms with Crippen LogP contribution in [0.3, 0.4) is 0 Å². The number of amides is 1. The maximum absolute atomic E-state index is 11.2. The van der Waals surface area contributed by atoms with Gasteiger partial charge in [-0.05, 0) is 12.8 Å². The van der Waals surface area contributed by atoms with E-state index in [-0.39, 0.29) is 11.7 Å². The number of hydrogen-bond acceptors (Lipinski definition) is 3. The van der Waals surface area contributed by atoms with Crippen molar-refractivity contribution in [2.45, 2.75) is 39.0 Å². The first kappa shape index (κ1) is 14.4. The van der Waals surface area contributed by atoms with Crippen molar-refractivity contribution < 1.29 is 13.2 Å². The van der Waals surface area contributed by atoms with Crippen LogP contribution in [-0.2, 0) is 14.6 Å². The zero-order chi connectivity index (χ0) is 11.7. The minimum Gasteiger partial charge on any atom is -0.356 e. The van der Waals surface area contributed by atoms with E-state index in [1.165, 1.54) is 6.26 Å². The summed E-state index contributed by atoms with van der Waals surface area (Å²) in [6, 6.07) is 0. The van der Waals surface area contributed by atoms with Gasteiger partial charge in [-0.15, -0.1) is 0 Å². The highest BCUT2D eigenvalue weighted by Gasteiger charge is 2.05. The van der Waals surface area contributed by atoms with Crippen molar-refractivity contribution >= 4 is 15.7 Å². The third kappa shape index (κ3) is 11.3. The molecule has 0 heterocycles. The SMILES string of the molecule is CCCCCNC(=O)CCCS(C)(=O)=O. The molecule has 0 unspecified atom stereocenters. The normalized spacial score (nSPS) is 11.3. The average molecular weight is 235 g/mol. The van der Waals surface area contributed by atoms with Crippen molar-refractivity contribution in [1.29, 1.82) is 0 Å². The molecule has 0 aliphatic carbocycles. The van der Waals surface area contributed by atoms with Crippen molar-refractivity contribution in [1.82, 2.24) is 5.32 Å². The third-order valence-corrected chi connectivity index (χ3v) is 3.05. The lowest BCUT2D eigenvalue weighted by molar-refractivity contribution is -0.121. The highest BCUT2D eigenvalue weighted by Crippen LogP contribution is 1.95. The number of nitrogens with one attached hydrogen (secondary N) is 1. The molecule has 0 aliphatic heterocycles. The summed E-state index contributed by atoms with van der Waals surface area (Å²) < 4.78 is 21.6. The molecule has 0 atom stereocenters. The van der Waals surface area contributed by atoms with Gasteiger partial charge in [-0.2, -0.15) is 0 Å². The first-order valence-electron chi connectivity index (χ1n) is 5.40. The lowest BCUT2D eigenvalue weighted by Crippen LogP contribution is -2.24. The Morgan fingerprint density at radius 3 is 2.40 bits per heavy atom. The maximum Gasteiger partial charge on any atom is 0.220 e. The summed E-state index contributed by atoms with van der Waals surface area (Å²) >= 11 is 0. The molecule has 0 spiro atoms. The van der Waals surface area contributed by atoms with Crippen LogP contribution in [0.1, 0.15) is 39.0 Å². The van der Waals surface area contributed by atoms with Gasteiger partial charge in [0.15, 0.2) is 0 Å². The zero-order valence-corrected chi connectivity index (χ0v) is 10.4. The lowest BCUT2D eigenvalue weighted by Gasteiger charge is -2.03. The van der Waals surface area contributed by atoms with Crippen LogP contribution in [0.4, 0.5) is 0 Å². The van der Waals surface area contributed by atoms with E-state index in [1.807, 2.05) is 0 Å². The van der Waals surface area contributed by atoms with Crippen LogP contribution >= 0.6 is 0 Å². The lowest BCUT2D eigenvalue weighted by atomic mass is 10.2. The highest BCUT2D eigenvalue weighted by atomic mass is 32.2. The number of carbonyl (C=O) groups is 1. The van der Waals surface area contributed by atoms with E-state index in [9.17, 15) is 13.2 Å². The maximum atomic E-state index is 11.2. The molecule has 0 aromatic heterocycles. The molecule has 5 heteroatoms. The van der Waals surface area contributed by atoms with Crippen LogP contribution in [0, 0.1) is 0 Å². The van der Waals surface area contributed by atoms with Crippen LogP contribution in [0.15, 0.2) is 0 Å². The van der Waals surface area contributed by atoms with Crippen molar-refractivity contribution in [3.05, 3.63) is 0 Å². The van der Waals surface area contributed by atoms with Gasteiger partial charge in [-0.3, -0.25) is 4.79 Å². The molecule has 90 valence electrons. The van der Waals surface area contributed by atoms with E-state index in [4.69, 9.17) is 0 Å². The van der Waals surface area contributed by atoms with Crippen molar-refractivity contribution in [2.24, 2.45) is 0 Å². The summed E-state index contributed by atoms with van der Waals surface area (Å²) in [5.74, 6) is 0.0461. The summed E-state index contributed by atoms with van der Waals surface area (Å²) in [5, 5.41) is 2.77. The number of hydrogen-bond donors (Lipinski definition) is 1.